The van der Waals surface area contributed by atoms with Gasteiger partial charge in [0.2, 0.25) is 0 Å². The molecule has 0 spiro atoms. The van der Waals surface area contributed by atoms with Crippen molar-refractivity contribution in [3.63, 3.8) is 0 Å². The molecule has 6 nitrogen and oxygen atoms in total. The number of rotatable bonds is 3. The third-order valence-corrected chi connectivity index (χ3v) is 9.48. The van der Waals surface area contributed by atoms with E-state index >= 15 is 0 Å². The van der Waals surface area contributed by atoms with Gasteiger partial charge in [-0.05, 0) is 66.2 Å². The van der Waals surface area contributed by atoms with Crippen molar-refractivity contribution < 1.29 is 18.1 Å². The van der Waals surface area contributed by atoms with Crippen LogP contribution in [-0.4, -0.2) is 38.0 Å². The number of benzene rings is 1. The molecule has 1 aromatic carbocycles. The first kappa shape index (κ1) is 21.7. The molecule has 1 aromatic rings. The molecule has 0 amide bonds. The molecule has 0 unspecified atom stereocenters. The average Bonchev–Trinajstić information content (AvgIpc) is 2.98. The number of carbonyl (C=O) groups is 1. The predicted molar refractivity (Wildman–Crippen MR) is 114 cm³/mol. The first-order chi connectivity index (χ1) is 13.2. The van der Waals surface area contributed by atoms with E-state index in [2.05, 4.69) is 4.36 Å². The number of halogens is 1. The topological polar surface area (TPSA) is 94.1 Å². The van der Waals surface area contributed by atoms with Crippen molar-refractivity contribution in [3.05, 3.63) is 29.6 Å². The minimum atomic E-state index is -2.82. The fourth-order valence-electron chi connectivity index (χ4n) is 4.25. The zero-order valence-corrected chi connectivity index (χ0v) is 18.7. The van der Waals surface area contributed by atoms with Crippen LogP contribution in [0, 0.1) is 5.82 Å². The molecule has 3 atom stereocenters. The third-order valence-electron chi connectivity index (χ3n) is 5.75. The van der Waals surface area contributed by atoms with E-state index in [9.17, 15) is 13.4 Å². The van der Waals surface area contributed by atoms with Crippen LogP contribution in [0.2, 0.25) is 0 Å². The summed E-state index contributed by atoms with van der Waals surface area (Å²) in [5.41, 5.74) is 5.23. The molecule has 160 valence electrons. The zero-order valence-electron chi connectivity index (χ0n) is 17.9. The SMILES string of the molecule is CC(C)(C)OC(=O)CC1=N[C@](C)(c2cc(N)ccc2F)[C@@H]2CCN=[S@]2(=O)C1(C)C. The number of nitrogens with zero attached hydrogens (tertiary/aromatic N) is 2. The lowest BCUT2D eigenvalue weighted by atomic mass is 9.85. The Morgan fingerprint density at radius 1 is 1.34 bits per heavy atom. The molecular weight excluding hydrogens is 393 g/mol. The van der Waals surface area contributed by atoms with Gasteiger partial charge >= 0.3 is 5.97 Å². The summed E-state index contributed by atoms with van der Waals surface area (Å²) in [6.07, 6.45) is 0.416. The highest BCUT2D eigenvalue weighted by Crippen LogP contribution is 2.49. The molecule has 0 aromatic heterocycles. The van der Waals surface area contributed by atoms with Crippen LogP contribution in [0.4, 0.5) is 10.1 Å². The molecule has 0 fully saturated rings. The molecule has 0 radical (unpaired) electrons. The van der Waals surface area contributed by atoms with Crippen LogP contribution in [0.25, 0.3) is 0 Å². The highest BCUT2D eigenvalue weighted by molar-refractivity contribution is 7.96. The molecule has 8 heteroatoms. The van der Waals surface area contributed by atoms with Gasteiger partial charge in [-0.25, -0.2) is 13.0 Å². The number of carbonyl (C=O) groups excluding carboxylic acids is 1. The lowest BCUT2D eigenvalue weighted by Gasteiger charge is -2.45. The Hall–Kier alpha value is -1.96. The maximum absolute atomic E-state index is 14.8. The Labute approximate surface area is 172 Å². The summed E-state index contributed by atoms with van der Waals surface area (Å²) in [7, 11) is -2.82. The van der Waals surface area contributed by atoms with Gasteiger partial charge in [0.1, 0.15) is 17.0 Å². The van der Waals surface area contributed by atoms with Gasteiger partial charge in [-0.15, -0.1) is 0 Å². The number of aliphatic imine (C=N–C) groups is 1. The van der Waals surface area contributed by atoms with Gasteiger partial charge < -0.3 is 10.5 Å². The number of anilines is 1. The summed E-state index contributed by atoms with van der Waals surface area (Å²) in [5, 5.41) is -0.469. The summed E-state index contributed by atoms with van der Waals surface area (Å²) < 4.78 is 38.0. The molecule has 2 aliphatic heterocycles. The van der Waals surface area contributed by atoms with E-state index in [1.165, 1.54) is 12.1 Å². The van der Waals surface area contributed by atoms with E-state index in [4.69, 9.17) is 15.5 Å². The molecule has 0 aliphatic carbocycles. The van der Waals surface area contributed by atoms with E-state index in [0.717, 1.165) is 0 Å². The molecule has 0 saturated carbocycles. The van der Waals surface area contributed by atoms with E-state index in [-0.39, 0.29) is 12.0 Å². The van der Waals surface area contributed by atoms with Crippen LogP contribution >= 0.6 is 0 Å². The van der Waals surface area contributed by atoms with E-state index < -0.39 is 42.7 Å². The molecule has 2 aliphatic rings. The molecule has 0 bridgehead atoms. The highest BCUT2D eigenvalue weighted by atomic mass is 32.2. The zero-order chi connectivity index (χ0) is 21.8. The molecule has 3 rings (SSSR count). The van der Waals surface area contributed by atoms with Gasteiger partial charge in [-0.3, -0.25) is 9.79 Å². The smallest absolute Gasteiger partial charge is 0.312 e. The van der Waals surface area contributed by atoms with Crippen molar-refractivity contribution in [3.8, 4) is 0 Å². The first-order valence-electron chi connectivity index (χ1n) is 9.78. The number of hydrogen-bond acceptors (Lipinski definition) is 6. The minimum Gasteiger partial charge on any atom is -0.460 e. The Balaban J connectivity index is 2.18. The lowest BCUT2D eigenvalue weighted by molar-refractivity contribution is -0.153. The normalized spacial score (nSPS) is 30.9. The summed E-state index contributed by atoms with van der Waals surface area (Å²) >= 11 is 0. The van der Waals surface area contributed by atoms with Crippen molar-refractivity contribution in [2.75, 3.05) is 12.3 Å². The lowest BCUT2D eigenvalue weighted by Crippen LogP contribution is -2.56. The van der Waals surface area contributed by atoms with Gasteiger partial charge in [-0.2, -0.15) is 0 Å². The fourth-order valence-corrected chi connectivity index (χ4v) is 7.52. The van der Waals surface area contributed by atoms with Gasteiger partial charge in [0.25, 0.3) is 0 Å². The van der Waals surface area contributed by atoms with Gasteiger partial charge in [0.15, 0.2) is 0 Å². The second-order valence-corrected chi connectivity index (χ2v) is 12.4. The van der Waals surface area contributed by atoms with Crippen LogP contribution in [0.1, 0.15) is 59.9 Å². The van der Waals surface area contributed by atoms with E-state index in [1.54, 1.807) is 47.6 Å². The predicted octanol–water partition coefficient (Wildman–Crippen LogP) is 3.83. The maximum Gasteiger partial charge on any atom is 0.312 e. The van der Waals surface area contributed by atoms with Crippen LogP contribution in [-0.2, 0) is 24.8 Å². The van der Waals surface area contributed by atoms with E-state index in [0.29, 0.717) is 24.4 Å². The van der Waals surface area contributed by atoms with Crippen LogP contribution in [0.3, 0.4) is 0 Å². The van der Waals surface area contributed by atoms with Gasteiger partial charge in [0, 0.05) is 23.5 Å². The third kappa shape index (κ3) is 3.56. The largest absolute Gasteiger partial charge is 0.460 e. The molecule has 2 N–H and O–H groups in total. The fraction of sp³-hybridized carbons (Fsp3) is 0.619. The summed E-state index contributed by atoms with van der Waals surface area (Å²) in [5.74, 6) is -0.922. The minimum absolute atomic E-state index is 0.122. The second kappa shape index (κ2) is 6.79. The van der Waals surface area contributed by atoms with Gasteiger partial charge in [-0.1, -0.05) is 0 Å². The summed E-state index contributed by atoms with van der Waals surface area (Å²) in [4.78, 5) is 17.4. The summed E-state index contributed by atoms with van der Waals surface area (Å²) in [6, 6.07) is 4.32. The van der Waals surface area contributed by atoms with Gasteiger partial charge in [0.05, 0.1) is 26.1 Å². The summed E-state index contributed by atoms with van der Waals surface area (Å²) in [6.45, 7) is 11.1. The Morgan fingerprint density at radius 3 is 2.62 bits per heavy atom. The van der Waals surface area contributed by atoms with E-state index in [1.807, 2.05) is 0 Å². The van der Waals surface area contributed by atoms with Crippen LogP contribution < -0.4 is 5.73 Å². The van der Waals surface area contributed by atoms with Crippen molar-refractivity contribution in [2.45, 2.75) is 75.5 Å². The Kier molecular flexibility index (Phi) is 5.09. The number of esters is 1. The number of hydrogen-bond donors (Lipinski definition) is 1. The maximum atomic E-state index is 14.8. The number of nitrogens with two attached hydrogens (primary N) is 1. The Morgan fingerprint density at radius 2 is 2.00 bits per heavy atom. The molecule has 0 saturated heterocycles. The number of fused-ring (bicyclic) bond motifs is 1. The number of nitrogen functional groups attached to an aromatic ring is 1. The van der Waals surface area contributed by atoms with Crippen molar-refractivity contribution in [2.24, 2.45) is 9.36 Å². The standard InChI is InChI=1S/C21H30FN3O3S/c1-19(2,3)28-18(26)12-16-20(4,5)29(27)17(9-10-24-29)21(6,25-16)14-11-13(23)7-8-15(14)22/h7-8,11,17H,9-10,12,23H2,1-6H3/t17-,21+,29+/m0/s1. The molecular formula is C21H30FN3O3S. The van der Waals surface area contributed by atoms with Crippen molar-refractivity contribution in [1.29, 1.82) is 0 Å². The first-order valence-corrected chi connectivity index (χ1v) is 11.4. The second-order valence-electron chi connectivity index (χ2n) is 9.42. The molecule has 2 heterocycles. The quantitative estimate of drug-likeness (QED) is 0.590. The van der Waals surface area contributed by atoms with Crippen molar-refractivity contribution >= 4 is 27.1 Å². The molecule has 29 heavy (non-hydrogen) atoms. The average molecular weight is 424 g/mol. The van der Waals surface area contributed by atoms with Crippen LogP contribution in [0.15, 0.2) is 27.6 Å². The Bertz CT molecular complexity index is 1000. The monoisotopic (exact) mass is 423 g/mol. The van der Waals surface area contributed by atoms with Crippen LogP contribution in [0.5, 0.6) is 0 Å². The number of ether oxygens (including phenoxy) is 1. The highest BCUT2D eigenvalue weighted by Gasteiger charge is 2.57. The van der Waals surface area contributed by atoms with Crippen molar-refractivity contribution in [1.82, 2.24) is 0 Å².